The molecule has 0 radical (unpaired) electrons. The first-order valence-electron chi connectivity index (χ1n) is 5.34. The van der Waals surface area contributed by atoms with Crippen LogP contribution in [0.5, 0.6) is 0 Å². The topological polar surface area (TPSA) is 34.1 Å². The van der Waals surface area contributed by atoms with E-state index in [0.717, 1.165) is 30.1 Å². The summed E-state index contributed by atoms with van der Waals surface area (Å²) >= 11 is 0. The highest BCUT2D eigenvalue weighted by Gasteiger charge is 2.04. The maximum atomic E-state index is 10.6. The molecule has 0 rings (SSSR count). The lowest BCUT2D eigenvalue weighted by atomic mass is 9.98. The second-order valence-electron chi connectivity index (χ2n) is 3.86. The molecule has 2 heteroatoms. The number of allylic oxidation sites excluding steroid dienone is 4. The summed E-state index contributed by atoms with van der Waals surface area (Å²) in [6.07, 6.45) is 6.61. The zero-order valence-corrected chi connectivity index (χ0v) is 9.99. The van der Waals surface area contributed by atoms with Crippen LogP contribution < -0.4 is 0 Å². The summed E-state index contributed by atoms with van der Waals surface area (Å²) in [5.74, 6) is -0.0866. The first kappa shape index (κ1) is 13.8. The Kier molecular flexibility index (Phi) is 6.59. The highest BCUT2D eigenvalue weighted by molar-refractivity contribution is 5.59. The number of hydrogen-bond acceptors (Lipinski definition) is 2. The predicted molar refractivity (Wildman–Crippen MR) is 62.6 cm³/mol. The van der Waals surface area contributed by atoms with E-state index in [4.69, 9.17) is 0 Å². The van der Waals surface area contributed by atoms with Crippen LogP contribution in [0.3, 0.4) is 0 Å². The van der Waals surface area contributed by atoms with E-state index in [1.165, 1.54) is 0 Å². The van der Waals surface area contributed by atoms with Gasteiger partial charge in [0.05, 0.1) is 0 Å². The minimum absolute atomic E-state index is 0.0365. The molecule has 0 aromatic carbocycles. The molecule has 2 unspecified atom stereocenters. The van der Waals surface area contributed by atoms with Crippen molar-refractivity contribution in [3.8, 4) is 0 Å². The van der Waals surface area contributed by atoms with Gasteiger partial charge in [0.25, 0.3) is 0 Å². The fraction of sp³-hybridized carbons (Fsp3) is 0.538. The molecule has 0 fully saturated rings. The van der Waals surface area contributed by atoms with Gasteiger partial charge < -0.3 is 9.59 Å². The molecule has 0 bridgehead atoms. The predicted octanol–water partition coefficient (Wildman–Crippen LogP) is 2.94. The minimum atomic E-state index is -0.0501. The molecule has 2 atom stereocenters. The molecule has 15 heavy (non-hydrogen) atoms. The molecule has 0 aliphatic rings. The number of rotatable bonds is 6. The summed E-state index contributed by atoms with van der Waals surface area (Å²) in [6, 6.07) is 0. The average Bonchev–Trinajstić information content (AvgIpc) is 2.27. The summed E-state index contributed by atoms with van der Waals surface area (Å²) in [5.41, 5.74) is 2.12. The molecule has 2 nitrogen and oxygen atoms in total. The Hall–Kier alpha value is -1.18. The van der Waals surface area contributed by atoms with E-state index in [1.807, 2.05) is 39.8 Å². The van der Waals surface area contributed by atoms with Gasteiger partial charge in [0, 0.05) is 11.8 Å². The maximum Gasteiger partial charge on any atom is 0.126 e. The Morgan fingerprint density at radius 3 is 2.00 bits per heavy atom. The van der Waals surface area contributed by atoms with E-state index in [0.29, 0.717) is 0 Å². The Labute approximate surface area is 92.1 Å². The van der Waals surface area contributed by atoms with Gasteiger partial charge in [-0.25, -0.2) is 0 Å². The molecule has 0 saturated heterocycles. The third-order valence-corrected chi connectivity index (χ3v) is 2.68. The van der Waals surface area contributed by atoms with Gasteiger partial charge in [0.15, 0.2) is 0 Å². The van der Waals surface area contributed by atoms with E-state index in [1.54, 1.807) is 0 Å². The van der Waals surface area contributed by atoms with Crippen molar-refractivity contribution in [1.82, 2.24) is 0 Å². The molecular formula is C13H20O2. The third kappa shape index (κ3) is 4.73. The van der Waals surface area contributed by atoms with Gasteiger partial charge in [-0.15, -0.1) is 0 Å². The number of hydrogen-bond donors (Lipinski definition) is 0. The largest absolute Gasteiger partial charge is 0.303 e. The minimum Gasteiger partial charge on any atom is -0.303 e. The van der Waals surface area contributed by atoms with Gasteiger partial charge in [-0.05, 0) is 13.3 Å². The standard InChI is InChI=1S/C13H20O2/c1-5-13(12(4)9-15)7-6-10(2)11(3)8-14/h6-9,11-12H,5H2,1-4H3/b10-6+,13-7+. The van der Waals surface area contributed by atoms with Crippen LogP contribution in [-0.4, -0.2) is 12.6 Å². The molecular weight excluding hydrogens is 188 g/mol. The molecule has 84 valence electrons. The van der Waals surface area contributed by atoms with Crippen LogP contribution in [-0.2, 0) is 9.59 Å². The van der Waals surface area contributed by atoms with Crippen LogP contribution in [0.25, 0.3) is 0 Å². The summed E-state index contributed by atoms with van der Waals surface area (Å²) < 4.78 is 0. The second kappa shape index (κ2) is 7.16. The van der Waals surface area contributed by atoms with Crippen molar-refractivity contribution >= 4 is 12.6 Å². The molecule has 0 saturated carbocycles. The molecule has 0 spiro atoms. The number of aldehydes is 2. The van der Waals surface area contributed by atoms with E-state index in [2.05, 4.69) is 0 Å². The summed E-state index contributed by atoms with van der Waals surface area (Å²) in [4.78, 5) is 21.2. The lowest BCUT2D eigenvalue weighted by Crippen LogP contribution is -2.00. The third-order valence-electron chi connectivity index (χ3n) is 2.68. The Morgan fingerprint density at radius 2 is 1.60 bits per heavy atom. The van der Waals surface area contributed by atoms with Gasteiger partial charge in [0.2, 0.25) is 0 Å². The highest BCUT2D eigenvalue weighted by atomic mass is 16.1. The molecule has 0 N–H and O–H groups in total. The molecule has 0 aliphatic heterocycles. The van der Waals surface area contributed by atoms with Crippen molar-refractivity contribution in [2.45, 2.75) is 34.1 Å². The fourth-order valence-corrected chi connectivity index (χ4v) is 1.18. The van der Waals surface area contributed by atoms with Crippen LogP contribution in [0.4, 0.5) is 0 Å². The van der Waals surface area contributed by atoms with E-state index >= 15 is 0 Å². The van der Waals surface area contributed by atoms with E-state index in [9.17, 15) is 9.59 Å². The van der Waals surface area contributed by atoms with E-state index < -0.39 is 0 Å². The van der Waals surface area contributed by atoms with Gasteiger partial charge in [0.1, 0.15) is 12.6 Å². The molecule has 0 aliphatic carbocycles. The van der Waals surface area contributed by atoms with E-state index in [-0.39, 0.29) is 11.8 Å². The van der Waals surface area contributed by atoms with Gasteiger partial charge in [-0.1, -0.05) is 44.1 Å². The van der Waals surface area contributed by atoms with Crippen molar-refractivity contribution in [2.24, 2.45) is 11.8 Å². The number of carbonyl (C=O) groups is 2. The second-order valence-corrected chi connectivity index (χ2v) is 3.86. The van der Waals surface area contributed by atoms with Crippen molar-refractivity contribution in [1.29, 1.82) is 0 Å². The molecule has 0 aromatic rings. The lowest BCUT2D eigenvalue weighted by molar-refractivity contribution is -0.110. The van der Waals surface area contributed by atoms with Crippen LogP contribution in [0, 0.1) is 11.8 Å². The zero-order valence-electron chi connectivity index (χ0n) is 9.99. The van der Waals surface area contributed by atoms with Gasteiger partial charge in [-0.3, -0.25) is 0 Å². The summed E-state index contributed by atoms with van der Waals surface area (Å²) in [7, 11) is 0. The smallest absolute Gasteiger partial charge is 0.126 e. The Morgan fingerprint density at radius 1 is 1.07 bits per heavy atom. The summed E-state index contributed by atoms with van der Waals surface area (Å²) in [5, 5.41) is 0. The molecule has 0 heterocycles. The fourth-order valence-electron chi connectivity index (χ4n) is 1.18. The first-order valence-corrected chi connectivity index (χ1v) is 5.34. The maximum absolute atomic E-state index is 10.6. The van der Waals surface area contributed by atoms with Crippen molar-refractivity contribution < 1.29 is 9.59 Å². The average molecular weight is 208 g/mol. The quantitative estimate of drug-likeness (QED) is 0.497. The first-order chi connectivity index (χ1) is 7.06. The van der Waals surface area contributed by atoms with Crippen molar-refractivity contribution in [2.75, 3.05) is 0 Å². The summed E-state index contributed by atoms with van der Waals surface area (Å²) in [6.45, 7) is 7.70. The zero-order chi connectivity index (χ0) is 11.8. The van der Waals surface area contributed by atoms with Crippen molar-refractivity contribution in [3.05, 3.63) is 23.3 Å². The van der Waals surface area contributed by atoms with Crippen LogP contribution in [0.1, 0.15) is 34.1 Å². The highest BCUT2D eigenvalue weighted by Crippen LogP contribution is 2.14. The SMILES string of the molecule is CC/C(=C\C=C(/C)C(C)C=O)C(C)C=O. The van der Waals surface area contributed by atoms with Gasteiger partial charge >= 0.3 is 0 Å². The lowest BCUT2D eigenvalue weighted by Gasteiger charge is -2.07. The van der Waals surface area contributed by atoms with Crippen LogP contribution in [0.15, 0.2) is 23.3 Å². The Balaban J connectivity index is 4.71. The normalized spacial score (nSPS) is 17.1. The Bertz CT molecular complexity index is 274. The van der Waals surface area contributed by atoms with Crippen LogP contribution in [0.2, 0.25) is 0 Å². The van der Waals surface area contributed by atoms with Crippen LogP contribution >= 0.6 is 0 Å². The monoisotopic (exact) mass is 208 g/mol. The molecule has 0 aromatic heterocycles. The van der Waals surface area contributed by atoms with Gasteiger partial charge in [-0.2, -0.15) is 0 Å². The van der Waals surface area contributed by atoms with Crippen molar-refractivity contribution in [3.63, 3.8) is 0 Å². The number of carbonyl (C=O) groups excluding carboxylic acids is 2. The molecule has 0 amide bonds.